The molecule has 2 heterocycles. The zero-order valence-electron chi connectivity index (χ0n) is 9.46. The smallest absolute Gasteiger partial charge is 0.248 e. The number of rotatable bonds is 5. The van der Waals surface area contributed by atoms with Crippen molar-refractivity contribution in [1.82, 2.24) is 9.71 Å². The number of hydrogen-bond donors (Lipinski definition) is 1. The SMILES string of the molecule is CCC(NS(=O)(=O)c1ccc(Br)s1)c1nccs1. The van der Waals surface area contributed by atoms with Gasteiger partial charge in [0.25, 0.3) is 10.0 Å². The van der Waals surface area contributed by atoms with E-state index in [4.69, 9.17) is 0 Å². The molecule has 0 aliphatic heterocycles. The summed E-state index contributed by atoms with van der Waals surface area (Å²) in [6, 6.07) is 3.05. The summed E-state index contributed by atoms with van der Waals surface area (Å²) in [6.07, 6.45) is 2.35. The molecule has 0 bridgehead atoms. The van der Waals surface area contributed by atoms with Crippen molar-refractivity contribution in [2.45, 2.75) is 23.6 Å². The van der Waals surface area contributed by atoms with Crippen molar-refractivity contribution in [2.24, 2.45) is 0 Å². The van der Waals surface area contributed by atoms with Crippen LogP contribution in [0.2, 0.25) is 0 Å². The molecule has 1 atom stereocenters. The highest BCUT2D eigenvalue weighted by molar-refractivity contribution is 9.11. The Bertz CT molecular complexity index is 607. The molecule has 0 saturated carbocycles. The summed E-state index contributed by atoms with van der Waals surface area (Å²) < 4.78 is 28.1. The van der Waals surface area contributed by atoms with Crippen LogP contribution >= 0.6 is 38.6 Å². The molecule has 2 rings (SSSR count). The van der Waals surface area contributed by atoms with Gasteiger partial charge >= 0.3 is 0 Å². The van der Waals surface area contributed by atoms with Crippen LogP contribution in [-0.4, -0.2) is 13.4 Å². The molecule has 0 radical (unpaired) electrons. The van der Waals surface area contributed by atoms with Gasteiger partial charge in [-0.3, -0.25) is 0 Å². The number of nitrogens with zero attached hydrogens (tertiary/aromatic N) is 1. The second-order valence-corrected chi connectivity index (χ2v) is 8.84. The van der Waals surface area contributed by atoms with E-state index in [1.807, 2.05) is 12.3 Å². The minimum atomic E-state index is -3.47. The van der Waals surface area contributed by atoms with E-state index in [0.29, 0.717) is 10.6 Å². The summed E-state index contributed by atoms with van der Waals surface area (Å²) >= 11 is 5.91. The molecule has 0 spiro atoms. The highest BCUT2D eigenvalue weighted by Gasteiger charge is 2.23. The number of hydrogen-bond acceptors (Lipinski definition) is 5. The maximum atomic E-state index is 12.2. The van der Waals surface area contributed by atoms with E-state index >= 15 is 0 Å². The number of thiophene rings is 1. The monoisotopic (exact) mass is 366 g/mol. The van der Waals surface area contributed by atoms with E-state index < -0.39 is 10.0 Å². The molecule has 0 aliphatic carbocycles. The van der Waals surface area contributed by atoms with E-state index in [1.54, 1.807) is 18.3 Å². The maximum Gasteiger partial charge on any atom is 0.250 e. The van der Waals surface area contributed by atoms with Crippen molar-refractivity contribution < 1.29 is 8.42 Å². The minimum Gasteiger partial charge on any atom is -0.248 e. The quantitative estimate of drug-likeness (QED) is 0.881. The molecule has 1 unspecified atom stereocenters. The van der Waals surface area contributed by atoms with E-state index in [-0.39, 0.29) is 6.04 Å². The first-order chi connectivity index (χ1) is 8.53. The van der Waals surface area contributed by atoms with Crippen LogP contribution in [0, 0.1) is 0 Å². The Morgan fingerprint density at radius 3 is 2.78 bits per heavy atom. The molecule has 98 valence electrons. The fourth-order valence-corrected chi connectivity index (χ4v) is 5.56. The second kappa shape index (κ2) is 5.79. The predicted molar refractivity (Wildman–Crippen MR) is 77.5 cm³/mol. The Morgan fingerprint density at radius 1 is 1.50 bits per heavy atom. The van der Waals surface area contributed by atoms with Crippen molar-refractivity contribution in [1.29, 1.82) is 0 Å². The number of halogens is 1. The highest BCUT2D eigenvalue weighted by Crippen LogP contribution is 2.28. The van der Waals surface area contributed by atoms with Gasteiger partial charge in [-0.2, -0.15) is 0 Å². The van der Waals surface area contributed by atoms with Crippen LogP contribution in [0.5, 0.6) is 0 Å². The van der Waals surface area contributed by atoms with E-state index in [2.05, 4.69) is 25.6 Å². The van der Waals surface area contributed by atoms with Crippen molar-refractivity contribution >= 4 is 48.6 Å². The maximum absolute atomic E-state index is 12.2. The lowest BCUT2D eigenvalue weighted by molar-refractivity contribution is 0.551. The van der Waals surface area contributed by atoms with Gasteiger partial charge in [0.2, 0.25) is 0 Å². The Balaban J connectivity index is 2.22. The van der Waals surface area contributed by atoms with Gasteiger partial charge in [-0.1, -0.05) is 6.92 Å². The fraction of sp³-hybridized carbons (Fsp3) is 0.300. The highest BCUT2D eigenvalue weighted by atomic mass is 79.9. The predicted octanol–water partition coefficient (Wildman–Crippen LogP) is 3.40. The van der Waals surface area contributed by atoms with Gasteiger partial charge in [0.05, 0.1) is 9.83 Å². The number of nitrogens with one attached hydrogen (secondary N) is 1. The number of thiazole rings is 1. The summed E-state index contributed by atoms with van der Waals surface area (Å²) in [5.74, 6) is 0. The first-order valence-electron chi connectivity index (χ1n) is 5.20. The average molecular weight is 367 g/mol. The lowest BCUT2D eigenvalue weighted by atomic mass is 10.3. The molecule has 0 fully saturated rings. The molecule has 0 aromatic carbocycles. The average Bonchev–Trinajstić information content (AvgIpc) is 2.96. The van der Waals surface area contributed by atoms with Crippen LogP contribution in [0.1, 0.15) is 24.4 Å². The number of aromatic nitrogens is 1. The molecule has 2 aromatic heterocycles. The van der Waals surface area contributed by atoms with E-state index in [9.17, 15) is 8.42 Å². The Kier molecular flexibility index (Phi) is 4.54. The van der Waals surface area contributed by atoms with Gasteiger partial charge in [-0.15, -0.1) is 22.7 Å². The summed E-state index contributed by atoms with van der Waals surface area (Å²) in [5.41, 5.74) is 0. The molecular formula is C10H11BrN2O2S3. The van der Waals surface area contributed by atoms with Gasteiger partial charge < -0.3 is 0 Å². The lowest BCUT2D eigenvalue weighted by Gasteiger charge is -2.13. The van der Waals surface area contributed by atoms with E-state index in [0.717, 1.165) is 8.79 Å². The summed E-state index contributed by atoms with van der Waals surface area (Å²) in [6.45, 7) is 1.93. The van der Waals surface area contributed by atoms with Gasteiger partial charge in [-0.25, -0.2) is 18.1 Å². The van der Waals surface area contributed by atoms with Crippen molar-refractivity contribution in [3.05, 3.63) is 32.5 Å². The first kappa shape index (κ1) is 14.1. The fourth-order valence-electron chi connectivity index (χ4n) is 1.40. The number of sulfonamides is 1. The zero-order valence-corrected chi connectivity index (χ0v) is 13.5. The van der Waals surface area contributed by atoms with Gasteiger partial charge in [0.1, 0.15) is 9.22 Å². The third-order valence-electron chi connectivity index (χ3n) is 2.27. The third kappa shape index (κ3) is 3.18. The Morgan fingerprint density at radius 2 is 2.28 bits per heavy atom. The van der Waals surface area contributed by atoms with E-state index in [1.165, 1.54) is 22.7 Å². The second-order valence-electron chi connectivity index (χ2n) is 3.51. The van der Waals surface area contributed by atoms with Gasteiger partial charge in [0, 0.05) is 11.6 Å². The van der Waals surface area contributed by atoms with Crippen molar-refractivity contribution in [3.8, 4) is 0 Å². The topological polar surface area (TPSA) is 59.1 Å². The van der Waals surface area contributed by atoms with Crippen LogP contribution in [-0.2, 0) is 10.0 Å². The van der Waals surface area contributed by atoms with Gasteiger partial charge in [0.15, 0.2) is 0 Å². The van der Waals surface area contributed by atoms with Crippen LogP contribution < -0.4 is 4.72 Å². The lowest BCUT2D eigenvalue weighted by Crippen LogP contribution is -2.27. The van der Waals surface area contributed by atoms with Crippen molar-refractivity contribution in [3.63, 3.8) is 0 Å². The Hall–Kier alpha value is -0.280. The Labute approximate surface area is 122 Å². The normalized spacial score (nSPS) is 13.7. The molecular weight excluding hydrogens is 356 g/mol. The van der Waals surface area contributed by atoms with Crippen LogP contribution in [0.3, 0.4) is 0 Å². The minimum absolute atomic E-state index is 0.268. The molecule has 18 heavy (non-hydrogen) atoms. The molecule has 1 N–H and O–H groups in total. The van der Waals surface area contributed by atoms with Gasteiger partial charge in [-0.05, 0) is 34.5 Å². The van der Waals surface area contributed by atoms with Crippen LogP contribution in [0.15, 0.2) is 31.7 Å². The summed E-state index contributed by atoms with van der Waals surface area (Å²) in [7, 11) is -3.47. The molecule has 0 amide bonds. The molecule has 0 saturated heterocycles. The van der Waals surface area contributed by atoms with Crippen molar-refractivity contribution in [2.75, 3.05) is 0 Å². The summed E-state index contributed by atoms with van der Waals surface area (Å²) in [4.78, 5) is 4.16. The molecule has 2 aromatic rings. The molecule has 4 nitrogen and oxygen atoms in total. The largest absolute Gasteiger partial charge is 0.250 e. The zero-order chi connectivity index (χ0) is 13.2. The molecule has 8 heteroatoms. The van der Waals surface area contributed by atoms with Crippen LogP contribution in [0.4, 0.5) is 0 Å². The molecule has 0 aliphatic rings. The standard InChI is InChI=1S/C10H11BrN2O2S3/c1-2-7(10-12-5-6-16-10)13-18(14,15)9-4-3-8(11)17-9/h3-7,13H,2H2,1H3. The van der Waals surface area contributed by atoms with Crippen LogP contribution in [0.25, 0.3) is 0 Å². The first-order valence-corrected chi connectivity index (χ1v) is 9.17. The third-order valence-corrected chi connectivity index (χ3v) is 6.74. The summed E-state index contributed by atoms with van der Waals surface area (Å²) in [5, 5.41) is 2.63.